The maximum atomic E-state index is 11.9. The number of carbonyl (C=O) groups excluding carboxylic acids is 1. The fourth-order valence-electron chi connectivity index (χ4n) is 1.56. The largest absolute Gasteiger partial charge is 0.345 e. The summed E-state index contributed by atoms with van der Waals surface area (Å²) in [4.78, 5) is 17.7. The van der Waals surface area contributed by atoms with Crippen molar-refractivity contribution in [2.45, 2.75) is 25.7 Å². The van der Waals surface area contributed by atoms with Crippen LogP contribution in [-0.4, -0.2) is 34.7 Å². The predicted molar refractivity (Wildman–Crippen MR) is 73.2 cm³/mol. The molecule has 0 aromatic carbocycles. The summed E-state index contributed by atoms with van der Waals surface area (Å²) in [7, 11) is 1.87. The van der Waals surface area contributed by atoms with E-state index in [1.165, 1.54) is 6.42 Å². The molecule has 0 atom stereocenters. The topological polar surface area (TPSA) is 33.2 Å². The quantitative estimate of drug-likeness (QED) is 0.573. The predicted octanol–water partition coefficient (Wildman–Crippen LogP) is 2.65. The van der Waals surface area contributed by atoms with E-state index in [-0.39, 0.29) is 5.91 Å². The second kappa shape index (κ2) is 8.23. The highest BCUT2D eigenvalue weighted by Gasteiger charge is 2.08. The molecule has 1 rings (SSSR count). The first-order chi connectivity index (χ1) is 8.24. The molecule has 0 aliphatic heterocycles. The van der Waals surface area contributed by atoms with E-state index in [0.29, 0.717) is 6.42 Å². The van der Waals surface area contributed by atoms with Crippen LogP contribution in [0.25, 0.3) is 0 Å². The molecule has 1 aromatic rings. The summed E-state index contributed by atoms with van der Waals surface area (Å²) >= 11 is 3.40. The normalized spacial score (nSPS) is 10.2. The van der Waals surface area contributed by atoms with Gasteiger partial charge in [0, 0.05) is 31.3 Å². The first-order valence-electron chi connectivity index (χ1n) is 5.93. The van der Waals surface area contributed by atoms with Crippen LogP contribution < -0.4 is 0 Å². The minimum Gasteiger partial charge on any atom is -0.345 e. The zero-order valence-corrected chi connectivity index (χ0v) is 11.8. The summed E-state index contributed by atoms with van der Waals surface area (Å²) < 4.78 is 0. The Labute approximate surface area is 111 Å². The van der Waals surface area contributed by atoms with Crippen molar-refractivity contribution >= 4 is 21.8 Å². The van der Waals surface area contributed by atoms with Gasteiger partial charge in [-0.25, -0.2) is 0 Å². The molecule has 0 aliphatic carbocycles. The van der Waals surface area contributed by atoms with Crippen LogP contribution in [0.1, 0.15) is 24.8 Å². The molecule has 0 saturated heterocycles. The number of pyridine rings is 1. The monoisotopic (exact) mass is 298 g/mol. The van der Waals surface area contributed by atoms with Gasteiger partial charge in [-0.1, -0.05) is 28.4 Å². The number of halogens is 1. The van der Waals surface area contributed by atoms with Crippen molar-refractivity contribution in [2.75, 3.05) is 18.9 Å². The Morgan fingerprint density at radius 3 is 2.88 bits per heavy atom. The molecule has 0 spiro atoms. The second-order valence-corrected chi connectivity index (χ2v) is 4.90. The van der Waals surface area contributed by atoms with Gasteiger partial charge >= 0.3 is 0 Å². The summed E-state index contributed by atoms with van der Waals surface area (Å²) in [6.45, 7) is 0.839. The second-order valence-electron chi connectivity index (χ2n) is 4.10. The van der Waals surface area contributed by atoms with E-state index in [9.17, 15) is 4.79 Å². The molecule has 3 nitrogen and oxygen atoms in total. The maximum Gasteiger partial charge on any atom is 0.226 e. The van der Waals surface area contributed by atoms with Crippen molar-refractivity contribution in [2.24, 2.45) is 0 Å². The number of likely N-dealkylation sites (N-methyl/N-ethyl adjacent to an activating group) is 1. The summed E-state index contributed by atoms with van der Waals surface area (Å²) in [5, 5.41) is 1.04. The van der Waals surface area contributed by atoms with Gasteiger partial charge in [0.25, 0.3) is 0 Å². The lowest BCUT2D eigenvalue weighted by atomic mass is 10.2. The first-order valence-corrected chi connectivity index (χ1v) is 7.05. The van der Waals surface area contributed by atoms with Gasteiger partial charge in [0.1, 0.15) is 0 Å². The van der Waals surface area contributed by atoms with Gasteiger partial charge in [-0.05, 0) is 24.5 Å². The molecule has 0 N–H and O–H groups in total. The van der Waals surface area contributed by atoms with E-state index < -0.39 is 0 Å². The van der Waals surface area contributed by atoms with E-state index in [1.807, 2.05) is 19.2 Å². The van der Waals surface area contributed by atoms with Crippen LogP contribution in [0.3, 0.4) is 0 Å². The van der Waals surface area contributed by atoms with Crippen molar-refractivity contribution < 1.29 is 4.79 Å². The molecule has 1 amide bonds. The lowest BCUT2D eigenvalue weighted by molar-refractivity contribution is -0.129. The van der Waals surface area contributed by atoms with Gasteiger partial charge in [-0.15, -0.1) is 0 Å². The fourth-order valence-corrected chi connectivity index (χ4v) is 1.95. The van der Waals surface area contributed by atoms with Gasteiger partial charge in [0.05, 0.1) is 6.42 Å². The Hall–Kier alpha value is -0.900. The maximum absolute atomic E-state index is 11.9. The number of carbonyl (C=O) groups is 1. The Kier molecular flexibility index (Phi) is 6.86. The van der Waals surface area contributed by atoms with Gasteiger partial charge in [-0.2, -0.15) is 0 Å². The molecular formula is C13H19BrN2O. The molecule has 0 radical (unpaired) electrons. The van der Waals surface area contributed by atoms with Crippen molar-refractivity contribution in [1.82, 2.24) is 9.88 Å². The van der Waals surface area contributed by atoms with E-state index in [4.69, 9.17) is 0 Å². The third-order valence-electron chi connectivity index (χ3n) is 2.63. The van der Waals surface area contributed by atoms with Crippen LogP contribution in [0.2, 0.25) is 0 Å². The lowest BCUT2D eigenvalue weighted by Crippen LogP contribution is -2.29. The number of aromatic nitrogens is 1. The minimum absolute atomic E-state index is 0.164. The van der Waals surface area contributed by atoms with Crippen LogP contribution in [0, 0.1) is 0 Å². The molecule has 0 aliphatic rings. The molecule has 0 saturated carbocycles. The Morgan fingerprint density at radius 2 is 2.24 bits per heavy atom. The molecule has 4 heteroatoms. The number of nitrogens with zero attached hydrogens (tertiary/aromatic N) is 2. The first kappa shape index (κ1) is 14.2. The molecule has 0 unspecified atom stereocenters. The average Bonchev–Trinajstić information content (AvgIpc) is 2.35. The van der Waals surface area contributed by atoms with Crippen LogP contribution in [0.4, 0.5) is 0 Å². The number of rotatable bonds is 7. The number of alkyl halides is 1. The minimum atomic E-state index is 0.164. The SMILES string of the molecule is CN(CCCCCBr)C(=O)Cc1cccnc1. The van der Waals surface area contributed by atoms with Crippen molar-refractivity contribution in [3.63, 3.8) is 0 Å². The van der Waals surface area contributed by atoms with Gasteiger partial charge in [0.2, 0.25) is 5.91 Å². The molecule has 0 bridgehead atoms. The molecule has 94 valence electrons. The van der Waals surface area contributed by atoms with Crippen LogP contribution in [-0.2, 0) is 11.2 Å². The van der Waals surface area contributed by atoms with E-state index >= 15 is 0 Å². The number of hydrogen-bond donors (Lipinski definition) is 0. The number of hydrogen-bond acceptors (Lipinski definition) is 2. The zero-order valence-electron chi connectivity index (χ0n) is 10.2. The smallest absolute Gasteiger partial charge is 0.226 e. The fraction of sp³-hybridized carbons (Fsp3) is 0.538. The third kappa shape index (κ3) is 5.82. The van der Waals surface area contributed by atoms with E-state index in [1.54, 1.807) is 17.3 Å². The van der Waals surface area contributed by atoms with Crippen molar-refractivity contribution in [3.8, 4) is 0 Å². The Morgan fingerprint density at radius 1 is 1.41 bits per heavy atom. The number of amides is 1. The summed E-state index contributed by atoms with van der Waals surface area (Å²) in [5.41, 5.74) is 0.977. The standard InChI is InChI=1S/C13H19BrN2O/c1-16(9-4-2-3-7-14)13(17)10-12-6-5-8-15-11-12/h5-6,8,11H,2-4,7,9-10H2,1H3. The van der Waals surface area contributed by atoms with Gasteiger partial charge in [-0.3, -0.25) is 9.78 Å². The van der Waals surface area contributed by atoms with E-state index in [0.717, 1.165) is 30.3 Å². The van der Waals surface area contributed by atoms with Gasteiger partial charge in [0.15, 0.2) is 0 Å². The lowest BCUT2D eigenvalue weighted by Gasteiger charge is -2.16. The summed E-state index contributed by atoms with van der Waals surface area (Å²) in [6, 6.07) is 3.79. The molecule has 0 fully saturated rings. The van der Waals surface area contributed by atoms with Crippen LogP contribution in [0.5, 0.6) is 0 Å². The average molecular weight is 299 g/mol. The van der Waals surface area contributed by atoms with E-state index in [2.05, 4.69) is 20.9 Å². The summed E-state index contributed by atoms with van der Waals surface area (Å²) in [6.07, 6.45) is 7.32. The molecular weight excluding hydrogens is 280 g/mol. The van der Waals surface area contributed by atoms with Crippen LogP contribution in [0.15, 0.2) is 24.5 Å². The van der Waals surface area contributed by atoms with Crippen molar-refractivity contribution in [1.29, 1.82) is 0 Å². The van der Waals surface area contributed by atoms with Crippen molar-refractivity contribution in [3.05, 3.63) is 30.1 Å². The third-order valence-corrected chi connectivity index (χ3v) is 3.19. The van der Waals surface area contributed by atoms with Crippen LogP contribution >= 0.6 is 15.9 Å². The highest BCUT2D eigenvalue weighted by atomic mass is 79.9. The highest BCUT2D eigenvalue weighted by molar-refractivity contribution is 9.09. The zero-order chi connectivity index (χ0) is 12.5. The molecule has 1 aromatic heterocycles. The Bertz CT molecular complexity index is 329. The Balaban J connectivity index is 2.27. The molecule has 17 heavy (non-hydrogen) atoms. The summed E-state index contributed by atoms with van der Waals surface area (Å²) in [5.74, 6) is 0.164. The highest BCUT2D eigenvalue weighted by Crippen LogP contribution is 2.03. The van der Waals surface area contributed by atoms with Gasteiger partial charge < -0.3 is 4.90 Å². The molecule has 1 heterocycles. The number of unbranched alkanes of at least 4 members (excludes halogenated alkanes) is 2.